The van der Waals surface area contributed by atoms with E-state index in [2.05, 4.69) is 25.2 Å². The van der Waals surface area contributed by atoms with Gasteiger partial charge >= 0.3 is 0 Å². The molecule has 0 aromatic heterocycles. The zero-order valence-electron chi connectivity index (χ0n) is 8.21. The molecule has 0 aliphatic rings. The number of ether oxygens (including phenoxy) is 1. The Morgan fingerprint density at radius 2 is 2.17 bits per heavy atom. The second-order valence-electron chi connectivity index (χ2n) is 2.51. The molecule has 1 heteroatoms. The van der Waals surface area contributed by atoms with Crippen LogP contribution in [0.15, 0.2) is 36.0 Å². The van der Waals surface area contributed by atoms with Gasteiger partial charge in [0.2, 0.25) is 0 Å². The molecule has 0 amide bonds. The number of rotatable bonds is 5. The summed E-state index contributed by atoms with van der Waals surface area (Å²) in [5.41, 5.74) is 1.21. The topological polar surface area (TPSA) is 9.23 Å². The van der Waals surface area contributed by atoms with E-state index in [0.717, 1.165) is 6.42 Å². The van der Waals surface area contributed by atoms with Gasteiger partial charge in [-0.3, -0.25) is 0 Å². The normalized spacial score (nSPS) is 13.4. The van der Waals surface area contributed by atoms with Gasteiger partial charge in [-0.2, -0.15) is 0 Å². The van der Waals surface area contributed by atoms with E-state index in [4.69, 9.17) is 4.74 Å². The van der Waals surface area contributed by atoms with Gasteiger partial charge in [0.15, 0.2) is 0 Å². The van der Waals surface area contributed by atoms with Crippen molar-refractivity contribution >= 4 is 0 Å². The third kappa shape index (κ3) is 5.93. The average Bonchev–Trinajstić information content (AvgIpc) is 2.10. The number of hydrogen-bond donors (Lipinski definition) is 0. The smallest absolute Gasteiger partial charge is 0.0712 e. The van der Waals surface area contributed by atoms with Crippen molar-refractivity contribution in [2.24, 2.45) is 0 Å². The van der Waals surface area contributed by atoms with Crippen LogP contribution in [0.2, 0.25) is 0 Å². The van der Waals surface area contributed by atoms with Crippen molar-refractivity contribution in [3.05, 3.63) is 36.0 Å². The quantitative estimate of drug-likeness (QED) is 0.570. The van der Waals surface area contributed by atoms with Gasteiger partial charge in [0, 0.05) is 7.11 Å². The summed E-state index contributed by atoms with van der Waals surface area (Å²) in [7, 11) is 1.71. The zero-order chi connectivity index (χ0) is 9.23. The van der Waals surface area contributed by atoms with E-state index >= 15 is 0 Å². The summed E-state index contributed by atoms with van der Waals surface area (Å²) >= 11 is 0. The Labute approximate surface area is 75.4 Å². The summed E-state index contributed by atoms with van der Waals surface area (Å²) in [6, 6.07) is 0. The van der Waals surface area contributed by atoms with Crippen LogP contribution in [0.3, 0.4) is 0 Å². The fourth-order valence-electron chi connectivity index (χ4n) is 0.807. The molecule has 0 radical (unpaired) electrons. The molecule has 0 aromatic rings. The molecule has 12 heavy (non-hydrogen) atoms. The fraction of sp³-hybridized carbons (Fsp3) is 0.455. The first-order valence-electron chi connectivity index (χ1n) is 4.32. The van der Waals surface area contributed by atoms with Gasteiger partial charge in [-0.25, -0.2) is 0 Å². The lowest BCUT2D eigenvalue weighted by molar-refractivity contribution is 0.228. The second kappa shape index (κ2) is 8.28. The van der Waals surface area contributed by atoms with Crippen molar-refractivity contribution in [1.29, 1.82) is 0 Å². The maximum Gasteiger partial charge on any atom is 0.0712 e. The monoisotopic (exact) mass is 166 g/mol. The van der Waals surface area contributed by atoms with E-state index in [1.54, 1.807) is 7.11 Å². The fourth-order valence-corrected chi connectivity index (χ4v) is 0.807. The first-order valence-corrected chi connectivity index (χ1v) is 4.32. The van der Waals surface area contributed by atoms with Gasteiger partial charge in [-0.05, 0) is 18.9 Å². The summed E-state index contributed by atoms with van der Waals surface area (Å²) in [6.45, 7) is 4.81. The molecule has 0 bridgehead atoms. The molecule has 68 valence electrons. The molecule has 0 saturated heterocycles. The zero-order valence-corrected chi connectivity index (χ0v) is 8.21. The lowest BCUT2D eigenvalue weighted by Gasteiger charge is -1.97. The maximum absolute atomic E-state index is 5.04. The Bertz CT molecular complexity index is 175. The van der Waals surface area contributed by atoms with E-state index < -0.39 is 0 Å². The van der Waals surface area contributed by atoms with E-state index in [0.29, 0.717) is 6.61 Å². The number of methoxy groups -OCH3 is 1. The average molecular weight is 166 g/mol. The van der Waals surface area contributed by atoms with E-state index in [-0.39, 0.29) is 0 Å². The molecule has 0 N–H and O–H groups in total. The summed E-state index contributed by atoms with van der Waals surface area (Å²) in [6.07, 6.45) is 11.4. The van der Waals surface area contributed by atoms with Gasteiger partial charge in [0.1, 0.15) is 0 Å². The Morgan fingerprint density at radius 1 is 1.42 bits per heavy atom. The minimum absolute atomic E-state index is 0.681. The molecule has 0 spiro atoms. The predicted octanol–water partition coefficient (Wildman–Crippen LogP) is 3.10. The lowest BCUT2D eigenvalue weighted by atomic mass is 10.2. The molecule has 0 saturated carbocycles. The van der Waals surface area contributed by atoms with Crippen LogP contribution in [0.4, 0.5) is 0 Å². The number of allylic oxidation sites excluding steroid dienone is 4. The van der Waals surface area contributed by atoms with Crippen molar-refractivity contribution < 1.29 is 4.74 Å². The van der Waals surface area contributed by atoms with E-state index in [1.165, 1.54) is 5.57 Å². The van der Waals surface area contributed by atoms with Crippen molar-refractivity contribution in [1.82, 2.24) is 0 Å². The number of hydrogen-bond acceptors (Lipinski definition) is 1. The summed E-state index contributed by atoms with van der Waals surface area (Å²) < 4.78 is 5.04. The van der Waals surface area contributed by atoms with Gasteiger partial charge in [-0.15, -0.1) is 0 Å². The van der Waals surface area contributed by atoms with Gasteiger partial charge in [-0.1, -0.05) is 37.3 Å². The molecule has 0 atom stereocenters. The second-order valence-corrected chi connectivity index (χ2v) is 2.51. The minimum atomic E-state index is 0.681. The SMILES string of the molecule is C\C=C/C=C(\C=C/CC)COC. The molecular weight excluding hydrogens is 148 g/mol. The third-order valence-electron chi connectivity index (χ3n) is 1.38. The molecule has 0 unspecified atom stereocenters. The van der Waals surface area contributed by atoms with Crippen LogP contribution >= 0.6 is 0 Å². The van der Waals surface area contributed by atoms with Crippen LogP contribution in [0.25, 0.3) is 0 Å². The Balaban J connectivity index is 4.11. The van der Waals surface area contributed by atoms with Gasteiger partial charge < -0.3 is 4.74 Å². The van der Waals surface area contributed by atoms with Crippen molar-refractivity contribution in [3.8, 4) is 0 Å². The molecule has 0 fully saturated rings. The largest absolute Gasteiger partial charge is 0.380 e. The molecule has 0 rings (SSSR count). The maximum atomic E-state index is 5.04. The first kappa shape index (κ1) is 11.2. The minimum Gasteiger partial charge on any atom is -0.380 e. The van der Waals surface area contributed by atoms with Crippen LogP contribution in [0.5, 0.6) is 0 Å². The molecule has 0 aromatic carbocycles. The molecular formula is C11H18O. The highest BCUT2D eigenvalue weighted by Gasteiger charge is 1.87. The molecule has 0 aliphatic carbocycles. The molecule has 1 nitrogen and oxygen atoms in total. The Morgan fingerprint density at radius 3 is 2.67 bits per heavy atom. The Kier molecular flexibility index (Phi) is 7.71. The highest BCUT2D eigenvalue weighted by Crippen LogP contribution is 1.99. The van der Waals surface area contributed by atoms with E-state index in [1.807, 2.05) is 19.1 Å². The van der Waals surface area contributed by atoms with Crippen molar-refractivity contribution in [2.75, 3.05) is 13.7 Å². The van der Waals surface area contributed by atoms with Crippen LogP contribution < -0.4 is 0 Å². The first-order chi connectivity index (χ1) is 5.85. The van der Waals surface area contributed by atoms with Gasteiger partial charge in [0.25, 0.3) is 0 Å². The summed E-state index contributed by atoms with van der Waals surface area (Å²) in [5, 5.41) is 0. The van der Waals surface area contributed by atoms with Crippen LogP contribution in [-0.2, 0) is 4.74 Å². The van der Waals surface area contributed by atoms with Crippen LogP contribution in [-0.4, -0.2) is 13.7 Å². The predicted molar refractivity (Wildman–Crippen MR) is 54.2 cm³/mol. The van der Waals surface area contributed by atoms with Crippen molar-refractivity contribution in [2.45, 2.75) is 20.3 Å². The standard InChI is InChI=1S/C11H18O/c1-4-6-8-11(10-12-3)9-7-5-2/h4,6-9H,5,10H2,1-3H3/b6-4-,9-7-,11-8+. The molecule has 0 aliphatic heterocycles. The molecule has 0 heterocycles. The lowest BCUT2D eigenvalue weighted by Crippen LogP contribution is -1.90. The Hall–Kier alpha value is -0.820. The third-order valence-corrected chi connectivity index (χ3v) is 1.38. The van der Waals surface area contributed by atoms with Crippen LogP contribution in [0.1, 0.15) is 20.3 Å². The highest BCUT2D eigenvalue weighted by molar-refractivity contribution is 5.23. The van der Waals surface area contributed by atoms with Crippen LogP contribution in [0, 0.1) is 0 Å². The summed E-state index contributed by atoms with van der Waals surface area (Å²) in [4.78, 5) is 0. The van der Waals surface area contributed by atoms with E-state index in [9.17, 15) is 0 Å². The highest BCUT2D eigenvalue weighted by atomic mass is 16.5. The van der Waals surface area contributed by atoms with Crippen molar-refractivity contribution in [3.63, 3.8) is 0 Å². The summed E-state index contributed by atoms with van der Waals surface area (Å²) in [5.74, 6) is 0. The van der Waals surface area contributed by atoms with Gasteiger partial charge in [0.05, 0.1) is 6.61 Å².